The van der Waals surface area contributed by atoms with Crippen molar-refractivity contribution in [2.45, 2.75) is 17.4 Å². The van der Waals surface area contributed by atoms with E-state index in [-0.39, 0.29) is 4.47 Å². The Hall–Kier alpha value is -1.28. The van der Waals surface area contributed by atoms with Crippen molar-refractivity contribution in [3.05, 3.63) is 33.3 Å². The Labute approximate surface area is 111 Å². The monoisotopic (exact) mass is 338 g/mol. The van der Waals surface area contributed by atoms with Crippen LogP contribution >= 0.6 is 15.9 Å². The number of ketones is 2. The molecule has 0 radical (unpaired) electrons. The first-order chi connectivity index (χ1) is 8.56. The summed E-state index contributed by atoms with van der Waals surface area (Å²) in [5.74, 6) is -13.3. The molecule has 2 aliphatic rings. The highest BCUT2D eigenvalue weighted by molar-refractivity contribution is 9.10. The Balaban J connectivity index is 2.52. The van der Waals surface area contributed by atoms with Crippen LogP contribution in [0.2, 0.25) is 0 Å². The van der Waals surface area contributed by atoms with E-state index in [0.717, 1.165) is 12.1 Å². The molecule has 0 atom stereocenters. The number of hydrogen-bond donors (Lipinski definition) is 1. The van der Waals surface area contributed by atoms with E-state index in [2.05, 4.69) is 15.9 Å². The smallest absolute Gasteiger partial charge is 0.348 e. The van der Waals surface area contributed by atoms with Crippen LogP contribution in [0.3, 0.4) is 0 Å². The predicted molar refractivity (Wildman–Crippen MR) is 56.6 cm³/mol. The van der Waals surface area contributed by atoms with Crippen molar-refractivity contribution in [2.24, 2.45) is 0 Å². The van der Waals surface area contributed by atoms with Crippen LogP contribution in [0.1, 0.15) is 26.3 Å². The third-order valence-electron chi connectivity index (χ3n) is 3.43. The van der Waals surface area contributed by atoms with Crippen LogP contribution in [0.15, 0.2) is 16.6 Å². The topological polar surface area (TPSA) is 54.4 Å². The highest BCUT2D eigenvalue weighted by Gasteiger charge is 2.82. The second-order valence-corrected chi connectivity index (χ2v) is 5.31. The fraction of sp³-hybridized carbons (Fsp3) is 0.273. The number of halogens is 5. The average molecular weight is 339 g/mol. The zero-order chi connectivity index (χ0) is 14.4. The molecule has 0 aromatic heterocycles. The minimum atomic E-state index is -4.75. The van der Waals surface area contributed by atoms with Crippen LogP contribution in [0.25, 0.3) is 0 Å². The van der Waals surface area contributed by atoms with Gasteiger partial charge in [-0.3, -0.25) is 9.59 Å². The number of Topliss-reactive ketones (excluding diaryl/α,β-unsaturated/α-hetero) is 2. The second-order valence-electron chi connectivity index (χ2n) is 4.39. The van der Waals surface area contributed by atoms with Crippen LogP contribution in [0.4, 0.5) is 17.6 Å². The van der Waals surface area contributed by atoms with Gasteiger partial charge in [0.05, 0.1) is 0 Å². The first-order valence-electron chi connectivity index (χ1n) is 4.98. The van der Waals surface area contributed by atoms with E-state index in [1.54, 1.807) is 0 Å². The number of carbonyl (C=O) groups excluding carboxylic acids is 2. The number of alkyl halides is 4. The Morgan fingerprint density at radius 3 is 1.68 bits per heavy atom. The van der Waals surface area contributed by atoms with E-state index in [0.29, 0.717) is 0 Å². The first kappa shape index (κ1) is 12.7. The largest absolute Gasteiger partial charge is 0.373 e. The van der Waals surface area contributed by atoms with Gasteiger partial charge in [-0.2, -0.15) is 17.6 Å². The highest BCUT2D eigenvalue weighted by atomic mass is 79.9. The number of aliphatic hydroxyl groups is 1. The summed E-state index contributed by atoms with van der Waals surface area (Å²) in [5.41, 5.74) is -6.61. The van der Waals surface area contributed by atoms with Crippen LogP contribution in [-0.2, 0) is 5.60 Å². The molecule has 0 amide bonds. The highest BCUT2D eigenvalue weighted by Crippen LogP contribution is 2.61. The fourth-order valence-corrected chi connectivity index (χ4v) is 2.99. The summed E-state index contributed by atoms with van der Waals surface area (Å²) in [4.78, 5) is 23.0. The first-order valence-corrected chi connectivity index (χ1v) is 5.77. The van der Waals surface area contributed by atoms with E-state index >= 15 is 0 Å². The molecule has 1 N–H and O–H groups in total. The SMILES string of the molecule is O=C1c2cc(Br)cc3c2C(O)(C1(F)F)C(F)(F)C3=O. The molecule has 8 heteroatoms. The van der Waals surface area contributed by atoms with Gasteiger partial charge in [-0.1, -0.05) is 15.9 Å². The Morgan fingerprint density at radius 2 is 1.32 bits per heavy atom. The summed E-state index contributed by atoms with van der Waals surface area (Å²) in [5, 5.41) is 9.73. The van der Waals surface area contributed by atoms with E-state index in [1.165, 1.54) is 0 Å². The van der Waals surface area contributed by atoms with Gasteiger partial charge < -0.3 is 5.11 Å². The molecule has 1 aromatic rings. The standard InChI is InChI=1S/C11H3BrF4O3/c12-3-1-4-6-5(2-3)8(18)11(15,16)9(6,19)10(13,14)7(4)17/h1-2,19H. The maximum atomic E-state index is 13.8. The number of benzene rings is 1. The number of carbonyl (C=O) groups is 2. The lowest BCUT2D eigenvalue weighted by Gasteiger charge is -2.30. The molecule has 0 unspecified atom stereocenters. The van der Waals surface area contributed by atoms with Crippen molar-refractivity contribution in [3.63, 3.8) is 0 Å². The predicted octanol–water partition coefficient (Wildman–Crippen LogP) is 2.30. The molecule has 0 saturated carbocycles. The van der Waals surface area contributed by atoms with Gasteiger partial charge in [0.25, 0.3) is 0 Å². The van der Waals surface area contributed by atoms with Crippen molar-refractivity contribution in [2.75, 3.05) is 0 Å². The van der Waals surface area contributed by atoms with Gasteiger partial charge >= 0.3 is 11.8 Å². The molecule has 19 heavy (non-hydrogen) atoms. The van der Waals surface area contributed by atoms with Crippen molar-refractivity contribution in [1.82, 2.24) is 0 Å². The summed E-state index contributed by atoms with van der Waals surface area (Å²) >= 11 is 2.85. The third-order valence-corrected chi connectivity index (χ3v) is 3.89. The summed E-state index contributed by atoms with van der Waals surface area (Å²) in [6.07, 6.45) is 0. The Morgan fingerprint density at radius 1 is 0.947 bits per heavy atom. The molecular weight excluding hydrogens is 336 g/mol. The van der Waals surface area contributed by atoms with Crippen LogP contribution in [0.5, 0.6) is 0 Å². The molecule has 0 aliphatic heterocycles. The van der Waals surface area contributed by atoms with E-state index in [1.807, 2.05) is 0 Å². The van der Waals surface area contributed by atoms with Gasteiger partial charge in [0, 0.05) is 21.2 Å². The van der Waals surface area contributed by atoms with Crippen molar-refractivity contribution in [3.8, 4) is 0 Å². The summed E-state index contributed by atoms with van der Waals surface area (Å²) in [6.45, 7) is 0. The average Bonchev–Trinajstić information content (AvgIpc) is 2.56. The molecule has 2 aliphatic carbocycles. The Bertz CT molecular complexity index is 619. The zero-order valence-corrected chi connectivity index (χ0v) is 10.4. The van der Waals surface area contributed by atoms with E-state index in [9.17, 15) is 32.3 Å². The maximum absolute atomic E-state index is 13.8. The van der Waals surface area contributed by atoms with Gasteiger partial charge in [-0.25, -0.2) is 0 Å². The summed E-state index contributed by atoms with van der Waals surface area (Å²) in [6, 6.07) is 1.78. The van der Waals surface area contributed by atoms with E-state index in [4.69, 9.17) is 0 Å². The van der Waals surface area contributed by atoms with Crippen molar-refractivity contribution in [1.29, 1.82) is 0 Å². The molecule has 0 heterocycles. The van der Waals surface area contributed by atoms with Gasteiger partial charge in [-0.15, -0.1) is 0 Å². The fourth-order valence-electron chi connectivity index (χ4n) is 2.53. The van der Waals surface area contributed by atoms with Gasteiger partial charge in [0.2, 0.25) is 17.2 Å². The maximum Gasteiger partial charge on any atom is 0.348 e. The minimum Gasteiger partial charge on any atom is -0.373 e. The number of rotatable bonds is 0. The number of hydrogen-bond acceptors (Lipinski definition) is 3. The zero-order valence-electron chi connectivity index (χ0n) is 8.81. The van der Waals surface area contributed by atoms with Gasteiger partial charge in [0.15, 0.2) is 0 Å². The molecule has 100 valence electrons. The molecule has 3 rings (SSSR count). The molecule has 0 saturated heterocycles. The molecule has 0 bridgehead atoms. The normalized spacial score (nSPS) is 24.7. The van der Waals surface area contributed by atoms with E-state index < -0.39 is 45.7 Å². The summed E-state index contributed by atoms with van der Waals surface area (Å²) < 4.78 is 55.1. The summed E-state index contributed by atoms with van der Waals surface area (Å²) in [7, 11) is 0. The molecule has 0 fully saturated rings. The molecule has 1 aromatic carbocycles. The second kappa shape index (κ2) is 3.06. The lowest BCUT2D eigenvalue weighted by atomic mass is 9.92. The Kier molecular flexibility index (Phi) is 2.05. The van der Waals surface area contributed by atoms with Crippen LogP contribution < -0.4 is 0 Å². The minimum absolute atomic E-state index is 0.0284. The molecule has 3 nitrogen and oxygen atoms in total. The lowest BCUT2D eigenvalue weighted by molar-refractivity contribution is -0.238. The van der Waals surface area contributed by atoms with Crippen molar-refractivity contribution >= 4 is 27.5 Å². The lowest BCUT2D eigenvalue weighted by Crippen LogP contribution is -2.56. The van der Waals surface area contributed by atoms with Gasteiger partial charge in [-0.05, 0) is 12.1 Å². The van der Waals surface area contributed by atoms with Gasteiger partial charge in [0.1, 0.15) is 0 Å². The molecule has 0 spiro atoms. The van der Waals surface area contributed by atoms with Crippen molar-refractivity contribution < 1.29 is 32.3 Å². The van der Waals surface area contributed by atoms with Crippen LogP contribution in [-0.4, -0.2) is 28.5 Å². The van der Waals surface area contributed by atoms with Crippen LogP contribution in [0, 0.1) is 0 Å². The third kappa shape index (κ3) is 1.05. The molecular formula is C11H3BrF4O3. The quantitative estimate of drug-likeness (QED) is 0.738.